The number of methoxy groups -OCH3 is 1. The Hall–Kier alpha value is -3.39. The second kappa shape index (κ2) is 8.32. The first-order valence-electron chi connectivity index (χ1n) is 8.93. The maximum Gasteiger partial charge on any atom is 0.337 e. The molecular formula is C21H18N2O5S. The molecule has 3 aromatic rings. The molecule has 0 bridgehead atoms. The molecule has 1 aliphatic heterocycles. The predicted molar refractivity (Wildman–Crippen MR) is 107 cm³/mol. The Labute approximate surface area is 171 Å². The molecule has 1 amide bonds. The van der Waals surface area contributed by atoms with Crippen LogP contribution < -0.4 is 4.74 Å². The third-order valence-corrected chi connectivity index (χ3v) is 5.40. The SMILES string of the molecule is COC(=O)c1ccc(OCC(=O)N2N=C(c3cccs3)CC2c2ccco2)cc1. The molecule has 8 heteroatoms. The van der Waals surface area contributed by atoms with Gasteiger partial charge in [0.05, 0.1) is 29.5 Å². The Bertz CT molecular complexity index is 1010. The zero-order valence-corrected chi connectivity index (χ0v) is 16.4. The van der Waals surface area contributed by atoms with Gasteiger partial charge in [-0.1, -0.05) is 6.07 Å². The van der Waals surface area contributed by atoms with Crippen molar-refractivity contribution in [3.05, 3.63) is 76.4 Å². The lowest BCUT2D eigenvalue weighted by Crippen LogP contribution is -2.31. The summed E-state index contributed by atoms with van der Waals surface area (Å²) >= 11 is 1.58. The monoisotopic (exact) mass is 410 g/mol. The largest absolute Gasteiger partial charge is 0.484 e. The Morgan fingerprint density at radius 2 is 2.03 bits per heavy atom. The van der Waals surface area contributed by atoms with E-state index >= 15 is 0 Å². The van der Waals surface area contributed by atoms with Crippen molar-refractivity contribution in [2.45, 2.75) is 12.5 Å². The Balaban J connectivity index is 1.47. The first kappa shape index (κ1) is 18.9. The molecular weight excluding hydrogens is 392 g/mol. The van der Waals surface area contributed by atoms with Crippen molar-refractivity contribution in [2.24, 2.45) is 5.10 Å². The van der Waals surface area contributed by atoms with Gasteiger partial charge in [0.2, 0.25) is 0 Å². The van der Waals surface area contributed by atoms with Crippen LogP contribution in [0.3, 0.4) is 0 Å². The van der Waals surface area contributed by atoms with Crippen molar-refractivity contribution < 1.29 is 23.5 Å². The van der Waals surface area contributed by atoms with Gasteiger partial charge in [0.25, 0.3) is 5.91 Å². The van der Waals surface area contributed by atoms with E-state index in [-0.39, 0.29) is 18.6 Å². The number of furan rings is 1. The topological polar surface area (TPSA) is 81.3 Å². The van der Waals surface area contributed by atoms with E-state index in [0.29, 0.717) is 23.5 Å². The van der Waals surface area contributed by atoms with E-state index in [1.165, 1.54) is 12.1 Å². The number of ether oxygens (including phenoxy) is 2. The van der Waals surface area contributed by atoms with E-state index < -0.39 is 5.97 Å². The predicted octanol–water partition coefficient (Wildman–Crippen LogP) is 3.88. The molecule has 1 atom stereocenters. The minimum absolute atomic E-state index is 0.185. The number of amides is 1. The molecule has 7 nitrogen and oxygen atoms in total. The van der Waals surface area contributed by atoms with E-state index in [2.05, 4.69) is 9.84 Å². The minimum Gasteiger partial charge on any atom is -0.484 e. The molecule has 4 rings (SSSR count). The molecule has 148 valence electrons. The van der Waals surface area contributed by atoms with Crippen molar-refractivity contribution in [1.29, 1.82) is 0 Å². The van der Waals surface area contributed by atoms with Crippen LogP contribution in [0.15, 0.2) is 69.7 Å². The number of rotatable bonds is 6. The van der Waals surface area contributed by atoms with Crippen LogP contribution in [0.5, 0.6) is 5.75 Å². The van der Waals surface area contributed by atoms with Gasteiger partial charge in [-0.05, 0) is 47.8 Å². The first-order chi connectivity index (χ1) is 14.2. The Morgan fingerprint density at radius 1 is 1.21 bits per heavy atom. The van der Waals surface area contributed by atoms with Crippen LogP contribution in [-0.4, -0.2) is 36.3 Å². The summed E-state index contributed by atoms with van der Waals surface area (Å²) in [5.74, 6) is 0.440. The molecule has 3 heterocycles. The molecule has 1 aromatic carbocycles. The molecule has 0 N–H and O–H groups in total. The Kier molecular flexibility index (Phi) is 5.44. The zero-order chi connectivity index (χ0) is 20.2. The number of carbonyl (C=O) groups is 2. The summed E-state index contributed by atoms with van der Waals surface area (Å²) < 4.78 is 15.8. The average Bonchev–Trinajstić information content (AvgIpc) is 3.51. The molecule has 0 radical (unpaired) electrons. The molecule has 0 saturated carbocycles. The lowest BCUT2D eigenvalue weighted by molar-refractivity contribution is -0.135. The van der Waals surface area contributed by atoms with Crippen molar-refractivity contribution in [3.8, 4) is 5.75 Å². The fourth-order valence-electron chi connectivity index (χ4n) is 3.05. The molecule has 0 fully saturated rings. The van der Waals surface area contributed by atoms with E-state index in [4.69, 9.17) is 9.15 Å². The Morgan fingerprint density at radius 3 is 2.69 bits per heavy atom. The van der Waals surface area contributed by atoms with Crippen LogP contribution in [-0.2, 0) is 9.53 Å². The fraction of sp³-hybridized carbons (Fsp3) is 0.190. The molecule has 1 unspecified atom stereocenters. The number of thiophene rings is 1. The maximum atomic E-state index is 12.8. The van der Waals surface area contributed by atoms with Crippen molar-refractivity contribution in [2.75, 3.05) is 13.7 Å². The van der Waals surface area contributed by atoms with E-state index in [1.54, 1.807) is 47.9 Å². The van der Waals surface area contributed by atoms with Gasteiger partial charge in [-0.25, -0.2) is 9.80 Å². The van der Waals surface area contributed by atoms with Gasteiger partial charge in [-0.3, -0.25) is 4.79 Å². The summed E-state index contributed by atoms with van der Waals surface area (Å²) in [5, 5.41) is 7.94. The quantitative estimate of drug-likeness (QED) is 0.576. The van der Waals surface area contributed by atoms with E-state index in [9.17, 15) is 9.59 Å². The van der Waals surface area contributed by atoms with E-state index in [0.717, 1.165) is 10.6 Å². The van der Waals surface area contributed by atoms with Crippen LogP contribution >= 0.6 is 11.3 Å². The van der Waals surface area contributed by atoms with Gasteiger partial charge >= 0.3 is 5.97 Å². The average molecular weight is 410 g/mol. The third-order valence-electron chi connectivity index (χ3n) is 4.48. The summed E-state index contributed by atoms with van der Waals surface area (Å²) in [7, 11) is 1.32. The summed E-state index contributed by atoms with van der Waals surface area (Å²) in [6.07, 6.45) is 2.16. The third kappa shape index (κ3) is 4.07. The highest BCUT2D eigenvalue weighted by Gasteiger charge is 2.35. The molecule has 29 heavy (non-hydrogen) atoms. The van der Waals surface area contributed by atoms with Gasteiger partial charge < -0.3 is 13.9 Å². The molecule has 0 saturated heterocycles. The number of hydrogen-bond donors (Lipinski definition) is 0. The number of nitrogens with zero attached hydrogens (tertiary/aromatic N) is 2. The lowest BCUT2D eigenvalue weighted by Gasteiger charge is -2.20. The summed E-state index contributed by atoms with van der Waals surface area (Å²) in [4.78, 5) is 25.4. The van der Waals surface area contributed by atoms with Crippen LogP contribution in [0.2, 0.25) is 0 Å². The van der Waals surface area contributed by atoms with Gasteiger partial charge in [0.1, 0.15) is 17.6 Å². The maximum absolute atomic E-state index is 12.8. The fourth-order valence-corrected chi connectivity index (χ4v) is 3.77. The number of carbonyl (C=O) groups excluding carboxylic acids is 2. The summed E-state index contributed by atoms with van der Waals surface area (Å²) in [6.45, 7) is -0.185. The second-order valence-electron chi connectivity index (χ2n) is 6.30. The van der Waals surface area contributed by atoms with Crippen LogP contribution in [0.1, 0.15) is 33.5 Å². The highest BCUT2D eigenvalue weighted by Crippen LogP contribution is 2.34. The summed E-state index contributed by atoms with van der Waals surface area (Å²) in [5.41, 5.74) is 1.26. The highest BCUT2D eigenvalue weighted by atomic mass is 32.1. The van der Waals surface area contributed by atoms with Crippen molar-refractivity contribution >= 4 is 28.9 Å². The smallest absolute Gasteiger partial charge is 0.337 e. The first-order valence-corrected chi connectivity index (χ1v) is 9.81. The zero-order valence-electron chi connectivity index (χ0n) is 15.6. The number of hydrazone groups is 1. The lowest BCUT2D eigenvalue weighted by atomic mass is 10.1. The minimum atomic E-state index is -0.429. The molecule has 1 aliphatic rings. The van der Waals surface area contributed by atoms with Crippen LogP contribution in [0, 0.1) is 0 Å². The van der Waals surface area contributed by atoms with Crippen molar-refractivity contribution in [1.82, 2.24) is 5.01 Å². The standard InChI is InChI=1S/C21H18N2O5S/c1-26-21(25)14-6-8-15(9-7-14)28-13-20(24)23-17(18-4-2-10-27-18)12-16(22-23)19-5-3-11-29-19/h2-11,17H,12-13H2,1H3. The van der Waals surface area contributed by atoms with Crippen molar-refractivity contribution in [3.63, 3.8) is 0 Å². The van der Waals surface area contributed by atoms with Gasteiger partial charge in [-0.15, -0.1) is 11.3 Å². The number of esters is 1. The normalized spacial score (nSPS) is 15.8. The van der Waals surface area contributed by atoms with Gasteiger partial charge in [0, 0.05) is 6.42 Å². The number of hydrogen-bond acceptors (Lipinski definition) is 7. The van der Waals surface area contributed by atoms with Gasteiger partial charge in [-0.2, -0.15) is 5.10 Å². The van der Waals surface area contributed by atoms with E-state index in [1.807, 2.05) is 23.6 Å². The number of benzene rings is 1. The highest BCUT2D eigenvalue weighted by molar-refractivity contribution is 7.12. The second-order valence-corrected chi connectivity index (χ2v) is 7.25. The summed E-state index contributed by atoms with van der Waals surface area (Å²) in [6, 6.07) is 13.7. The van der Waals surface area contributed by atoms with Crippen LogP contribution in [0.4, 0.5) is 0 Å². The van der Waals surface area contributed by atoms with Crippen LogP contribution in [0.25, 0.3) is 0 Å². The molecule has 2 aromatic heterocycles. The van der Waals surface area contributed by atoms with Gasteiger partial charge in [0.15, 0.2) is 6.61 Å². The molecule has 0 spiro atoms. The molecule has 0 aliphatic carbocycles.